The largest absolute Gasteiger partial charge is 0.353 e. The van der Waals surface area contributed by atoms with Crippen LogP contribution < -0.4 is 10.6 Å². The van der Waals surface area contributed by atoms with Crippen molar-refractivity contribution < 1.29 is 14.4 Å². The van der Waals surface area contributed by atoms with Gasteiger partial charge in [-0.2, -0.15) is 0 Å². The SMILES string of the molecule is CN(C)C(CNC(=O)CN1C(=O)NC2(CCCCC2)C1=O)c1ccccc1Cl. The number of nitrogens with zero attached hydrogens (tertiary/aromatic N) is 2. The van der Waals surface area contributed by atoms with E-state index in [1.807, 2.05) is 43.3 Å². The summed E-state index contributed by atoms with van der Waals surface area (Å²) in [5.74, 6) is -0.641. The van der Waals surface area contributed by atoms with Gasteiger partial charge in [-0.25, -0.2) is 4.79 Å². The molecule has 1 spiro atoms. The maximum atomic E-state index is 12.8. The molecular formula is C20H27ClN4O3. The Morgan fingerprint density at radius 3 is 2.57 bits per heavy atom. The van der Waals surface area contributed by atoms with E-state index in [0.717, 1.165) is 29.7 Å². The minimum atomic E-state index is -0.806. The first kappa shape index (κ1) is 20.6. The Morgan fingerprint density at radius 2 is 1.93 bits per heavy atom. The zero-order valence-electron chi connectivity index (χ0n) is 16.3. The number of carbonyl (C=O) groups is 3. The van der Waals surface area contributed by atoms with Gasteiger partial charge >= 0.3 is 6.03 Å². The molecule has 152 valence electrons. The Labute approximate surface area is 170 Å². The fourth-order valence-corrected chi connectivity index (χ4v) is 4.30. The predicted octanol–water partition coefficient (Wildman–Crippen LogP) is 2.31. The standard InChI is InChI=1S/C20H27ClN4O3/c1-24(2)16(14-8-4-5-9-15(14)21)12-22-17(26)13-25-18(27)20(23-19(25)28)10-6-3-7-11-20/h4-5,8-9,16H,3,6-7,10-13H2,1-2H3,(H,22,26)(H,23,28). The molecule has 1 aromatic rings. The molecule has 1 saturated carbocycles. The van der Waals surface area contributed by atoms with E-state index in [1.54, 1.807) is 0 Å². The van der Waals surface area contributed by atoms with Gasteiger partial charge in [0.05, 0.1) is 6.04 Å². The average molecular weight is 407 g/mol. The molecule has 1 aliphatic carbocycles. The normalized spacial score (nSPS) is 19.8. The molecule has 0 aromatic heterocycles. The highest BCUT2D eigenvalue weighted by molar-refractivity contribution is 6.31. The lowest BCUT2D eigenvalue weighted by atomic mass is 9.82. The predicted molar refractivity (Wildman–Crippen MR) is 107 cm³/mol. The zero-order valence-corrected chi connectivity index (χ0v) is 17.1. The van der Waals surface area contributed by atoms with Crippen molar-refractivity contribution in [1.82, 2.24) is 20.4 Å². The van der Waals surface area contributed by atoms with E-state index in [9.17, 15) is 14.4 Å². The molecule has 2 aliphatic rings. The third kappa shape index (κ3) is 4.15. The van der Waals surface area contributed by atoms with Crippen LogP contribution in [0.5, 0.6) is 0 Å². The van der Waals surface area contributed by atoms with E-state index in [-0.39, 0.29) is 24.4 Å². The van der Waals surface area contributed by atoms with Gasteiger partial charge in [0.25, 0.3) is 5.91 Å². The van der Waals surface area contributed by atoms with Gasteiger partial charge in [-0.15, -0.1) is 0 Å². The minimum absolute atomic E-state index is 0.120. The van der Waals surface area contributed by atoms with Crippen molar-refractivity contribution in [2.24, 2.45) is 0 Å². The van der Waals surface area contributed by atoms with Crippen LogP contribution in [0.2, 0.25) is 5.02 Å². The Morgan fingerprint density at radius 1 is 1.25 bits per heavy atom. The summed E-state index contributed by atoms with van der Waals surface area (Å²) in [5, 5.41) is 6.29. The molecule has 1 saturated heterocycles. The van der Waals surface area contributed by atoms with E-state index >= 15 is 0 Å². The Bertz CT molecular complexity index is 762. The van der Waals surface area contributed by atoms with Gasteiger partial charge in [-0.05, 0) is 38.6 Å². The van der Waals surface area contributed by atoms with E-state index in [0.29, 0.717) is 24.4 Å². The van der Waals surface area contributed by atoms with Crippen LogP contribution >= 0.6 is 11.6 Å². The number of halogens is 1. The van der Waals surface area contributed by atoms with Crippen molar-refractivity contribution >= 4 is 29.4 Å². The maximum Gasteiger partial charge on any atom is 0.325 e. The second kappa shape index (κ2) is 8.49. The van der Waals surface area contributed by atoms with Crippen LogP contribution in [0, 0.1) is 0 Å². The number of benzene rings is 1. The van der Waals surface area contributed by atoms with Gasteiger partial charge in [-0.1, -0.05) is 49.1 Å². The van der Waals surface area contributed by atoms with Gasteiger partial charge in [-0.3, -0.25) is 14.5 Å². The number of nitrogens with one attached hydrogen (secondary N) is 2. The highest BCUT2D eigenvalue weighted by Gasteiger charge is 2.51. The number of urea groups is 1. The van der Waals surface area contributed by atoms with E-state index in [4.69, 9.17) is 11.6 Å². The zero-order chi connectivity index (χ0) is 20.3. The highest BCUT2D eigenvalue weighted by atomic mass is 35.5. The summed E-state index contributed by atoms with van der Waals surface area (Å²) in [6.45, 7) is 0.0550. The number of imide groups is 1. The number of hydrogen-bond donors (Lipinski definition) is 2. The van der Waals surface area contributed by atoms with Crippen LogP contribution in [-0.4, -0.2) is 60.4 Å². The number of carbonyl (C=O) groups excluding carboxylic acids is 3. The van der Waals surface area contributed by atoms with Crippen molar-refractivity contribution in [3.8, 4) is 0 Å². The fraction of sp³-hybridized carbons (Fsp3) is 0.550. The number of likely N-dealkylation sites (N-methyl/N-ethyl adjacent to an activating group) is 1. The van der Waals surface area contributed by atoms with E-state index in [2.05, 4.69) is 10.6 Å². The summed E-state index contributed by atoms with van der Waals surface area (Å²) >= 11 is 6.29. The molecule has 0 radical (unpaired) electrons. The Balaban J connectivity index is 1.61. The molecule has 1 aromatic carbocycles. The summed E-state index contributed by atoms with van der Waals surface area (Å²) in [6, 6.07) is 6.89. The molecule has 28 heavy (non-hydrogen) atoms. The Hall–Kier alpha value is -2.12. The first-order valence-corrected chi connectivity index (χ1v) is 10.0. The van der Waals surface area contributed by atoms with Gasteiger partial charge in [0.15, 0.2) is 0 Å². The smallest absolute Gasteiger partial charge is 0.325 e. The summed E-state index contributed by atoms with van der Waals surface area (Å²) < 4.78 is 0. The van der Waals surface area contributed by atoms with Crippen LogP contribution in [-0.2, 0) is 9.59 Å². The molecule has 8 heteroatoms. The molecule has 7 nitrogen and oxygen atoms in total. The monoisotopic (exact) mass is 406 g/mol. The molecule has 1 atom stereocenters. The number of rotatable bonds is 6. The maximum absolute atomic E-state index is 12.8. The summed E-state index contributed by atoms with van der Waals surface area (Å²) in [7, 11) is 3.81. The summed E-state index contributed by atoms with van der Waals surface area (Å²) in [5.41, 5.74) is 0.102. The van der Waals surface area contributed by atoms with Gasteiger partial charge in [0, 0.05) is 11.6 Å². The molecule has 1 heterocycles. The van der Waals surface area contributed by atoms with Crippen LogP contribution in [0.15, 0.2) is 24.3 Å². The van der Waals surface area contributed by atoms with Gasteiger partial charge in [0.2, 0.25) is 5.91 Å². The fourth-order valence-electron chi connectivity index (χ4n) is 4.04. The minimum Gasteiger partial charge on any atom is -0.353 e. The molecule has 0 bridgehead atoms. The van der Waals surface area contributed by atoms with Crippen LogP contribution in [0.1, 0.15) is 43.7 Å². The second-order valence-corrected chi connectivity index (χ2v) is 8.18. The molecule has 2 fully saturated rings. The van der Waals surface area contributed by atoms with E-state index < -0.39 is 11.6 Å². The lowest BCUT2D eigenvalue weighted by Crippen LogP contribution is -2.49. The topological polar surface area (TPSA) is 81.8 Å². The van der Waals surface area contributed by atoms with Crippen molar-refractivity contribution in [2.75, 3.05) is 27.2 Å². The van der Waals surface area contributed by atoms with Crippen molar-refractivity contribution in [1.29, 1.82) is 0 Å². The molecular weight excluding hydrogens is 380 g/mol. The Kier molecular flexibility index (Phi) is 6.25. The van der Waals surface area contributed by atoms with Gasteiger partial charge < -0.3 is 15.5 Å². The van der Waals surface area contributed by atoms with Crippen molar-refractivity contribution in [3.63, 3.8) is 0 Å². The van der Waals surface area contributed by atoms with Gasteiger partial charge in [0.1, 0.15) is 12.1 Å². The summed E-state index contributed by atoms with van der Waals surface area (Å²) in [4.78, 5) is 40.5. The first-order valence-electron chi connectivity index (χ1n) is 9.66. The molecule has 3 rings (SSSR count). The molecule has 2 N–H and O–H groups in total. The third-order valence-corrected chi connectivity index (χ3v) is 5.98. The first-order chi connectivity index (χ1) is 13.3. The van der Waals surface area contributed by atoms with Crippen LogP contribution in [0.25, 0.3) is 0 Å². The van der Waals surface area contributed by atoms with E-state index in [1.165, 1.54) is 0 Å². The molecule has 4 amide bonds. The number of hydrogen-bond acceptors (Lipinski definition) is 4. The lowest BCUT2D eigenvalue weighted by molar-refractivity contribution is -0.135. The van der Waals surface area contributed by atoms with Crippen molar-refractivity contribution in [2.45, 2.75) is 43.7 Å². The molecule has 1 unspecified atom stereocenters. The number of amides is 4. The quantitative estimate of drug-likeness (QED) is 0.710. The summed E-state index contributed by atoms with van der Waals surface area (Å²) in [6.07, 6.45) is 4.18. The average Bonchev–Trinajstić information content (AvgIpc) is 2.87. The third-order valence-electron chi connectivity index (χ3n) is 5.63. The lowest BCUT2D eigenvalue weighted by Gasteiger charge is -2.30. The second-order valence-electron chi connectivity index (χ2n) is 7.77. The highest BCUT2D eigenvalue weighted by Crippen LogP contribution is 2.33. The van der Waals surface area contributed by atoms with Crippen molar-refractivity contribution in [3.05, 3.63) is 34.9 Å². The van der Waals surface area contributed by atoms with Crippen LogP contribution in [0.3, 0.4) is 0 Å². The molecule has 1 aliphatic heterocycles. The van der Waals surface area contributed by atoms with Crippen LogP contribution in [0.4, 0.5) is 4.79 Å².